The third-order valence-electron chi connectivity index (χ3n) is 2.44. The number of nitrogens with two attached hydrogens (primary N) is 1. The lowest BCUT2D eigenvalue weighted by molar-refractivity contribution is 0.727. The molecule has 2 aromatic rings. The average molecular weight is 259 g/mol. The summed E-state index contributed by atoms with van der Waals surface area (Å²) in [6.07, 6.45) is 4.53. The van der Waals surface area contributed by atoms with Crippen LogP contribution in [-0.4, -0.2) is 16.0 Å². The van der Waals surface area contributed by atoms with Crippen LogP contribution in [0, 0.1) is 6.92 Å². The van der Waals surface area contributed by atoms with E-state index in [1.165, 1.54) is 5.56 Å². The molecule has 1 heterocycles. The summed E-state index contributed by atoms with van der Waals surface area (Å²) in [6, 6.07) is 8.46. The van der Waals surface area contributed by atoms with Gasteiger partial charge in [0, 0.05) is 23.3 Å². The van der Waals surface area contributed by atoms with Crippen LogP contribution >= 0.6 is 11.8 Å². The van der Waals surface area contributed by atoms with Gasteiger partial charge in [-0.25, -0.2) is 9.97 Å². The van der Waals surface area contributed by atoms with E-state index in [1.807, 2.05) is 25.4 Å². The molecular weight excluding hydrogens is 242 g/mol. The van der Waals surface area contributed by atoms with Gasteiger partial charge in [0.2, 0.25) is 0 Å². The number of aryl methyl sites for hydroxylation is 1. The lowest BCUT2D eigenvalue weighted by Crippen LogP contribution is -2.17. The van der Waals surface area contributed by atoms with Crippen molar-refractivity contribution in [2.45, 2.75) is 36.4 Å². The fourth-order valence-electron chi connectivity index (χ4n) is 1.66. The Morgan fingerprint density at radius 3 is 2.61 bits per heavy atom. The van der Waals surface area contributed by atoms with Crippen molar-refractivity contribution in [3.8, 4) is 0 Å². The maximum Gasteiger partial charge on any atom is 0.192 e. The molecule has 2 N–H and O–H groups in total. The van der Waals surface area contributed by atoms with Crippen molar-refractivity contribution in [2.75, 3.05) is 0 Å². The highest BCUT2D eigenvalue weighted by atomic mass is 32.2. The van der Waals surface area contributed by atoms with Gasteiger partial charge < -0.3 is 5.73 Å². The van der Waals surface area contributed by atoms with Gasteiger partial charge in [0.1, 0.15) is 0 Å². The number of nitrogens with zero attached hydrogens (tertiary/aromatic N) is 2. The van der Waals surface area contributed by atoms with E-state index in [4.69, 9.17) is 5.73 Å². The zero-order chi connectivity index (χ0) is 13.0. The van der Waals surface area contributed by atoms with Crippen molar-refractivity contribution in [3.63, 3.8) is 0 Å². The third kappa shape index (κ3) is 3.82. The van der Waals surface area contributed by atoms with E-state index >= 15 is 0 Å². The van der Waals surface area contributed by atoms with E-state index in [0.717, 1.165) is 22.0 Å². The normalized spacial score (nSPS) is 12.4. The molecule has 0 aliphatic rings. The lowest BCUT2D eigenvalue weighted by atomic mass is 10.1. The first-order valence-corrected chi connectivity index (χ1v) is 6.76. The minimum absolute atomic E-state index is 0.142. The lowest BCUT2D eigenvalue weighted by Gasteiger charge is -2.05. The minimum Gasteiger partial charge on any atom is -0.328 e. The Morgan fingerprint density at radius 2 is 2.00 bits per heavy atom. The molecule has 0 fully saturated rings. The maximum absolute atomic E-state index is 5.74. The summed E-state index contributed by atoms with van der Waals surface area (Å²) in [7, 11) is 0. The topological polar surface area (TPSA) is 51.8 Å². The van der Waals surface area contributed by atoms with Crippen LogP contribution in [0.2, 0.25) is 0 Å². The quantitative estimate of drug-likeness (QED) is 0.858. The highest BCUT2D eigenvalue weighted by Crippen LogP contribution is 2.24. The number of aromatic nitrogens is 2. The monoisotopic (exact) mass is 259 g/mol. The van der Waals surface area contributed by atoms with Gasteiger partial charge in [0.05, 0.1) is 0 Å². The number of hydrogen-bond acceptors (Lipinski definition) is 4. The zero-order valence-electron chi connectivity index (χ0n) is 10.6. The molecule has 1 aromatic carbocycles. The van der Waals surface area contributed by atoms with Crippen LogP contribution in [-0.2, 0) is 6.42 Å². The summed E-state index contributed by atoms with van der Waals surface area (Å²) in [5.74, 6) is 0. The largest absolute Gasteiger partial charge is 0.328 e. The fourth-order valence-corrected chi connectivity index (χ4v) is 2.47. The predicted octanol–water partition coefficient (Wildman–Crippen LogP) is 2.83. The molecule has 0 saturated carbocycles. The summed E-state index contributed by atoms with van der Waals surface area (Å²) in [5, 5.41) is 0.772. The molecule has 1 aromatic heterocycles. The minimum atomic E-state index is 0.142. The number of rotatable bonds is 4. The summed E-state index contributed by atoms with van der Waals surface area (Å²) in [6.45, 7) is 4.06. The molecular formula is C14H17N3S. The first-order chi connectivity index (χ1) is 8.63. The van der Waals surface area contributed by atoms with Crippen LogP contribution in [0.4, 0.5) is 0 Å². The van der Waals surface area contributed by atoms with Crippen LogP contribution in [0.5, 0.6) is 0 Å². The van der Waals surface area contributed by atoms with Crippen molar-refractivity contribution in [1.82, 2.24) is 9.97 Å². The molecule has 94 valence electrons. The molecule has 1 unspecified atom stereocenters. The van der Waals surface area contributed by atoms with Crippen molar-refractivity contribution < 1.29 is 0 Å². The molecule has 0 saturated heterocycles. The Kier molecular flexibility index (Phi) is 4.33. The number of hydrogen-bond donors (Lipinski definition) is 1. The molecule has 3 nitrogen and oxygen atoms in total. The van der Waals surface area contributed by atoms with Crippen LogP contribution in [0.3, 0.4) is 0 Å². The number of benzene rings is 1. The van der Waals surface area contributed by atoms with Gasteiger partial charge >= 0.3 is 0 Å². The first kappa shape index (κ1) is 13.1. The van der Waals surface area contributed by atoms with Crippen molar-refractivity contribution in [3.05, 3.63) is 47.8 Å². The standard InChI is InChI=1S/C14H17N3S/c1-10-4-3-5-13(6-10)18-14-16-8-12(9-17-14)7-11(2)15/h3-6,8-9,11H,7,15H2,1-2H3. The van der Waals surface area contributed by atoms with Gasteiger partial charge in [-0.1, -0.05) is 17.7 Å². The molecule has 0 aliphatic carbocycles. The van der Waals surface area contributed by atoms with E-state index in [0.29, 0.717) is 0 Å². The second-order valence-electron chi connectivity index (χ2n) is 4.47. The summed E-state index contributed by atoms with van der Waals surface area (Å²) in [4.78, 5) is 9.87. The van der Waals surface area contributed by atoms with Crippen molar-refractivity contribution in [2.24, 2.45) is 5.73 Å². The van der Waals surface area contributed by atoms with Gasteiger partial charge in [0.15, 0.2) is 5.16 Å². The fraction of sp³-hybridized carbons (Fsp3) is 0.286. The summed E-state index contributed by atoms with van der Waals surface area (Å²) >= 11 is 1.58. The maximum atomic E-state index is 5.74. The van der Waals surface area contributed by atoms with E-state index in [1.54, 1.807) is 11.8 Å². The molecule has 4 heteroatoms. The highest BCUT2D eigenvalue weighted by Gasteiger charge is 2.03. The average Bonchev–Trinajstić information content (AvgIpc) is 2.31. The van der Waals surface area contributed by atoms with Crippen LogP contribution < -0.4 is 5.73 Å². The van der Waals surface area contributed by atoms with E-state index < -0.39 is 0 Å². The van der Waals surface area contributed by atoms with E-state index in [2.05, 4.69) is 35.1 Å². The Morgan fingerprint density at radius 1 is 1.28 bits per heavy atom. The van der Waals surface area contributed by atoms with Gasteiger partial charge in [-0.2, -0.15) is 0 Å². The Labute approximate surface area is 112 Å². The molecule has 0 radical (unpaired) electrons. The van der Waals surface area contributed by atoms with Gasteiger partial charge in [-0.3, -0.25) is 0 Å². The summed E-state index contributed by atoms with van der Waals surface area (Å²) < 4.78 is 0. The van der Waals surface area contributed by atoms with Crippen molar-refractivity contribution >= 4 is 11.8 Å². The Balaban J connectivity index is 2.06. The van der Waals surface area contributed by atoms with Crippen LogP contribution in [0.1, 0.15) is 18.1 Å². The smallest absolute Gasteiger partial charge is 0.192 e. The first-order valence-electron chi connectivity index (χ1n) is 5.94. The van der Waals surface area contributed by atoms with E-state index in [9.17, 15) is 0 Å². The SMILES string of the molecule is Cc1cccc(Sc2ncc(CC(C)N)cn2)c1. The third-order valence-corrected chi connectivity index (χ3v) is 3.32. The predicted molar refractivity (Wildman–Crippen MR) is 74.7 cm³/mol. The molecule has 0 bridgehead atoms. The molecule has 0 spiro atoms. The molecule has 0 amide bonds. The van der Waals surface area contributed by atoms with E-state index in [-0.39, 0.29) is 6.04 Å². The van der Waals surface area contributed by atoms with Crippen LogP contribution in [0.15, 0.2) is 46.7 Å². The van der Waals surface area contributed by atoms with Gasteiger partial charge in [-0.15, -0.1) is 0 Å². The highest BCUT2D eigenvalue weighted by molar-refractivity contribution is 7.99. The molecule has 2 rings (SSSR count). The molecule has 0 aliphatic heterocycles. The second-order valence-corrected chi connectivity index (χ2v) is 5.51. The summed E-state index contributed by atoms with van der Waals surface area (Å²) in [5.41, 5.74) is 8.07. The zero-order valence-corrected chi connectivity index (χ0v) is 11.4. The second kappa shape index (κ2) is 5.98. The molecule has 1 atom stereocenters. The van der Waals surface area contributed by atoms with Gasteiger partial charge in [-0.05, 0) is 49.7 Å². The molecule has 18 heavy (non-hydrogen) atoms. The Hall–Kier alpha value is -1.39. The van der Waals surface area contributed by atoms with Crippen LogP contribution in [0.25, 0.3) is 0 Å². The van der Waals surface area contributed by atoms with Gasteiger partial charge in [0.25, 0.3) is 0 Å². The van der Waals surface area contributed by atoms with Crippen molar-refractivity contribution in [1.29, 1.82) is 0 Å². The Bertz CT molecular complexity index is 509.